The predicted octanol–water partition coefficient (Wildman–Crippen LogP) is 5.05. The van der Waals surface area contributed by atoms with Crippen molar-refractivity contribution in [2.24, 2.45) is 0 Å². The number of hydrogen-bond donors (Lipinski definition) is 1. The highest BCUT2D eigenvalue weighted by Crippen LogP contribution is 2.22. The zero-order chi connectivity index (χ0) is 20.0. The molecule has 0 aromatic heterocycles. The Balaban J connectivity index is 2.02. The molecule has 1 atom stereocenters. The Labute approximate surface area is 165 Å². The van der Waals surface area contributed by atoms with Crippen LogP contribution in [0.25, 0.3) is 0 Å². The fraction of sp³-hybridized carbons (Fsp3) is 0.333. The molecule has 1 N–H and O–H groups in total. The summed E-state index contributed by atoms with van der Waals surface area (Å²) in [5.74, 6) is -0.00800. The van der Waals surface area contributed by atoms with Crippen molar-refractivity contribution in [1.82, 2.24) is 9.80 Å². The van der Waals surface area contributed by atoms with Gasteiger partial charge >= 0.3 is 6.03 Å². The van der Waals surface area contributed by atoms with Crippen LogP contribution in [-0.2, 0) is 0 Å². The molecule has 144 valence electrons. The Kier molecular flexibility index (Phi) is 7.25. The zero-order valence-corrected chi connectivity index (χ0v) is 17.0. The van der Waals surface area contributed by atoms with Crippen LogP contribution >= 0.6 is 11.6 Å². The van der Waals surface area contributed by atoms with Crippen LogP contribution < -0.4 is 5.32 Å². The third-order valence-corrected chi connectivity index (χ3v) is 4.94. The fourth-order valence-electron chi connectivity index (χ4n) is 2.74. The van der Waals surface area contributed by atoms with Crippen LogP contribution in [0.2, 0.25) is 5.02 Å². The number of urea groups is 1. The Morgan fingerprint density at radius 1 is 1.00 bits per heavy atom. The first-order valence-electron chi connectivity index (χ1n) is 9.06. The highest BCUT2D eigenvalue weighted by Gasteiger charge is 2.18. The Bertz CT molecular complexity index is 771. The zero-order valence-electron chi connectivity index (χ0n) is 16.2. The van der Waals surface area contributed by atoms with Crippen molar-refractivity contribution in [3.05, 3.63) is 64.7 Å². The second-order valence-electron chi connectivity index (χ2n) is 6.32. The van der Waals surface area contributed by atoms with Crippen molar-refractivity contribution in [2.45, 2.75) is 26.8 Å². The van der Waals surface area contributed by atoms with E-state index >= 15 is 0 Å². The minimum Gasteiger partial charge on any atom is -0.339 e. The summed E-state index contributed by atoms with van der Waals surface area (Å²) in [6, 6.07) is 14.1. The fourth-order valence-corrected chi connectivity index (χ4v) is 2.87. The molecule has 27 heavy (non-hydrogen) atoms. The molecule has 0 saturated carbocycles. The number of nitrogens with zero attached hydrogens (tertiary/aromatic N) is 2. The monoisotopic (exact) mass is 387 g/mol. The molecule has 3 amide bonds. The highest BCUT2D eigenvalue weighted by atomic mass is 35.5. The molecule has 0 bridgehead atoms. The van der Waals surface area contributed by atoms with E-state index in [1.165, 1.54) is 0 Å². The summed E-state index contributed by atoms with van der Waals surface area (Å²) in [7, 11) is 1.74. The second-order valence-corrected chi connectivity index (χ2v) is 6.76. The number of rotatable bonds is 6. The molecule has 0 aliphatic heterocycles. The smallest absolute Gasteiger partial charge is 0.322 e. The van der Waals surface area contributed by atoms with E-state index in [2.05, 4.69) is 5.32 Å². The minimum atomic E-state index is -0.222. The lowest BCUT2D eigenvalue weighted by atomic mass is 10.1. The average molecular weight is 388 g/mol. The summed E-state index contributed by atoms with van der Waals surface area (Å²) in [5.41, 5.74) is 2.25. The number of benzene rings is 2. The Morgan fingerprint density at radius 2 is 1.56 bits per heavy atom. The van der Waals surface area contributed by atoms with E-state index in [4.69, 9.17) is 11.6 Å². The van der Waals surface area contributed by atoms with Gasteiger partial charge in [-0.2, -0.15) is 0 Å². The van der Waals surface area contributed by atoms with Gasteiger partial charge in [0.25, 0.3) is 5.91 Å². The van der Waals surface area contributed by atoms with Gasteiger partial charge in [0.15, 0.2) is 0 Å². The van der Waals surface area contributed by atoms with Gasteiger partial charge in [0.05, 0.1) is 6.04 Å². The molecular formula is C21H26ClN3O2. The lowest BCUT2D eigenvalue weighted by molar-refractivity contribution is 0.0773. The topological polar surface area (TPSA) is 52.7 Å². The van der Waals surface area contributed by atoms with Gasteiger partial charge in [-0.3, -0.25) is 4.79 Å². The lowest BCUT2D eigenvalue weighted by Gasteiger charge is -2.25. The maximum atomic E-state index is 12.5. The van der Waals surface area contributed by atoms with Gasteiger partial charge in [-0.1, -0.05) is 23.7 Å². The van der Waals surface area contributed by atoms with Crippen LogP contribution in [0.1, 0.15) is 42.7 Å². The molecule has 0 heterocycles. The lowest BCUT2D eigenvalue weighted by Crippen LogP contribution is -2.33. The number of halogens is 1. The number of anilines is 1. The Morgan fingerprint density at radius 3 is 2.07 bits per heavy atom. The average Bonchev–Trinajstić information content (AvgIpc) is 2.68. The van der Waals surface area contributed by atoms with Crippen LogP contribution in [0.3, 0.4) is 0 Å². The number of carbonyl (C=O) groups excluding carboxylic acids is 2. The van der Waals surface area contributed by atoms with E-state index in [-0.39, 0.29) is 18.0 Å². The van der Waals surface area contributed by atoms with Gasteiger partial charge in [0.2, 0.25) is 0 Å². The number of nitrogens with one attached hydrogen (secondary N) is 1. The predicted molar refractivity (Wildman–Crippen MR) is 110 cm³/mol. The molecule has 0 fully saturated rings. The normalized spacial score (nSPS) is 11.6. The highest BCUT2D eigenvalue weighted by molar-refractivity contribution is 6.30. The third-order valence-electron chi connectivity index (χ3n) is 4.69. The van der Waals surface area contributed by atoms with Crippen LogP contribution in [0.5, 0.6) is 0 Å². The van der Waals surface area contributed by atoms with Crippen molar-refractivity contribution >= 4 is 29.2 Å². The quantitative estimate of drug-likeness (QED) is 0.754. The molecule has 0 aliphatic carbocycles. The summed E-state index contributed by atoms with van der Waals surface area (Å²) in [6.45, 7) is 7.19. The summed E-state index contributed by atoms with van der Waals surface area (Å²) in [6.07, 6.45) is 0. The molecule has 0 spiro atoms. The SMILES string of the molecule is CCN(CC)C(=O)c1ccc(NC(=O)N(C)C(C)c2ccc(Cl)cc2)cc1. The summed E-state index contributed by atoms with van der Waals surface area (Å²) in [5, 5.41) is 3.53. The van der Waals surface area contributed by atoms with Crippen LogP contribution in [-0.4, -0.2) is 41.9 Å². The van der Waals surface area contributed by atoms with E-state index in [9.17, 15) is 9.59 Å². The molecule has 2 rings (SSSR count). The first-order valence-corrected chi connectivity index (χ1v) is 9.43. The van der Waals surface area contributed by atoms with E-state index in [1.807, 2.05) is 45.0 Å². The Hall–Kier alpha value is -2.53. The van der Waals surface area contributed by atoms with Crippen molar-refractivity contribution < 1.29 is 9.59 Å². The van der Waals surface area contributed by atoms with Gasteiger partial charge in [0, 0.05) is 36.4 Å². The molecule has 6 heteroatoms. The largest absolute Gasteiger partial charge is 0.339 e. The maximum absolute atomic E-state index is 12.5. The van der Waals surface area contributed by atoms with Crippen LogP contribution in [0.15, 0.2) is 48.5 Å². The van der Waals surface area contributed by atoms with Crippen LogP contribution in [0, 0.1) is 0 Å². The number of amides is 3. The van der Waals surface area contributed by atoms with E-state index in [0.717, 1.165) is 5.56 Å². The molecule has 5 nitrogen and oxygen atoms in total. The second kappa shape index (κ2) is 9.42. The summed E-state index contributed by atoms with van der Waals surface area (Å²) >= 11 is 5.92. The maximum Gasteiger partial charge on any atom is 0.322 e. The van der Waals surface area contributed by atoms with Gasteiger partial charge in [-0.15, -0.1) is 0 Å². The van der Waals surface area contributed by atoms with Gasteiger partial charge in [-0.25, -0.2) is 4.79 Å². The van der Waals surface area contributed by atoms with Gasteiger partial charge in [0.1, 0.15) is 0 Å². The van der Waals surface area contributed by atoms with E-state index in [0.29, 0.717) is 29.4 Å². The molecule has 0 aliphatic rings. The van der Waals surface area contributed by atoms with Crippen molar-refractivity contribution in [1.29, 1.82) is 0 Å². The summed E-state index contributed by atoms with van der Waals surface area (Å²) < 4.78 is 0. The number of hydrogen-bond acceptors (Lipinski definition) is 2. The minimum absolute atomic E-state index is 0.00800. The molecule has 2 aromatic rings. The van der Waals surface area contributed by atoms with Crippen LogP contribution in [0.4, 0.5) is 10.5 Å². The molecule has 1 unspecified atom stereocenters. The first-order chi connectivity index (χ1) is 12.9. The number of carbonyl (C=O) groups is 2. The van der Waals surface area contributed by atoms with Crippen molar-refractivity contribution in [3.8, 4) is 0 Å². The third kappa shape index (κ3) is 5.23. The molecule has 0 radical (unpaired) electrons. The molecular weight excluding hydrogens is 362 g/mol. The molecule has 0 saturated heterocycles. The van der Waals surface area contributed by atoms with Gasteiger partial charge < -0.3 is 15.1 Å². The van der Waals surface area contributed by atoms with E-state index < -0.39 is 0 Å². The first kappa shape index (κ1) is 20.8. The van der Waals surface area contributed by atoms with Crippen molar-refractivity contribution in [3.63, 3.8) is 0 Å². The summed E-state index contributed by atoms with van der Waals surface area (Å²) in [4.78, 5) is 28.2. The molecule has 2 aromatic carbocycles. The van der Waals surface area contributed by atoms with Gasteiger partial charge in [-0.05, 0) is 62.7 Å². The standard InChI is InChI=1S/C21H26ClN3O2/c1-5-25(6-2)20(26)17-9-13-19(14-10-17)23-21(27)24(4)15(3)16-7-11-18(22)12-8-16/h7-15H,5-6H2,1-4H3,(H,23,27). The van der Waals surface area contributed by atoms with Crippen molar-refractivity contribution in [2.75, 3.05) is 25.5 Å². The van der Waals surface area contributed by atoms with E-state index in [1.54, 1.807) is 41.1 Å².